The molecule has 0 spiro atoms. The third kappa shape index (κ3) is 60.1. The van der Waals surface area contributed by atoms with Gasteiger partial charge in [0.1, 0.15) is 0 Å². The van der Waals surface area contributed by atoms with E-state index in [1.165, 1.54) is 0 Å². The van der Waals surface area contributed by atoms with E-state index in [0.29, 0.717) is 6.54 Å². The van der Waals surface area contributed by atoms with Gasteiger partial charge in [0.2, 0.25) is 0 Å². The van der Waals surface area contributed by atoms with Crippen molar-refractivity contribution in [3.63, 3.8) is 0 Å². The molecule has 0 saturated heterocycles. The molecule has 8 heavy (non-hydrogen) atoms. The van der Waals surface area contributed by atoms with Crippen LogP contribution in [0.3, 0.4) is 0 Å². The first-order valence-corrected chi connectivity index (χ1v) is 2.03. The van der Waals surface area contributed by atoms with E-state index in [-0.39, 0.29) is 19.2 Å². The Bertz CT molecular complexity index is 47.2. The molecule has 0 saturated carbocycles. The molecule has 0 unspecified atom stereocenters. The number of hydrogen-bond donors (Lipinski definition) is 2. The highest BCUT2D eigenvalue weighted by Gasteiger charge is 1.56. The Morgan fingerprint density at radius 1 is 1.38 bits per heavy atom. The van der Waals surface area contributed by atoms with Crippen LogP contribution in [0, 0.1) is 0 Å². The zero-order valence-electron chi connectivity index (χ0n) is 4.41. The quantitative estimate of drug-likeness (QED) is 0.336. The lowest BCUT2D eigenvalue weighted by Crippen LogP contribution is -2.02. The van der Waals surface area contributed by atoms with Crippen molar-refractivity contribution in [2.45, 2.75) is 0 Å². The highest BCUT2D eigenvalue weighted by molar-refractivity contribution is 6.09. The average Bonchev–Trinajstić information content (AvgIpc) is 1.88. The van der Waals surface area contributed by atoms with Crippen molar-refractivity contribution >= 4 is 12.6 Å². The van der Waals surface area contributed by atoms with Gasteiger partial charge in [-0.15, -0.1) is 0 Å². The lowest BCUT2D eigenvalue weighted by Gasteiger charge is -1.71. The van der Waals surface area contributed by atoms with E-state index in [0.717, 1.165) is 0 Å². The van der Waals surface area contributed by atoms with Gasteiger partial charge >= 0.3 is 0 Å². The molecule has 0 aromatic heterocycles. The van der Waals surface area contributed by atoms with Crippen molar-refractivity contribution in [2.24, 2.45) is 5.73 Å². The Kier molecular flexibility index (Phi) is 20.9. The van der Waals surface area contributed by atoms with Crippen LogP contribution in [0.25, 0.3) is 0 Å². The summed E-state index contributed by atoms with van der Waals surface area (Å²) in [6, 6.07) is 0. The van der Waals surface area contributed by atoms with E-state index < -0.39 is 0 Å². The molecule has 0 aromatic carbocycles. The smallest absolute Gasteiger partial charge is 0.182 e. The highest BCUT2D eigenvalue weighted by atomic mass is 16.3. The predicted octanol–water partition coefficient (Wildman–Crippen LogP) is -1.68. The number of rotatable bonds is 2. The van der Waals surface area contributed by atoms with Gasteiger partial charge in [0.15, 0.2) is 12.6 Å². The van der Waals surface area contributed by atoms with E-state index in [2.05, 4.69) is 0 Å². The Labute approximate surface area is 47.3 Å². The third-order valence-electron chi connectivity index (χ3n) is 0.185. The average molecular weight is 119 g/mol. The summed E-state index contributed by atoms with van der Waals surface area (Å²) in [5.41, 5.74) is 4.78. The fraction of sp³-hybridized carbons (Fsp3) is 0.500. The van der Waals surface area contributed by atoms with E-state index in [4.69, 9.17) is 20.4 Å². The van der Waals surface area contributed by atoms with Crippen LogP contribution in [0.4, 0.5) is 0 Å². The van der Waals surface area contributed by atoms with Crippen molar-refractivity contribution < 1.29 is 14.7 Å². The lowest BCUT2D eigenvalue weighted by atomic mass is 10.8. The molecule has 0 bridgehead atoms. The fourth-order valence-corrected chi connectivity index (χ4v) is 0. The van der Waals surface area contributed by atoms with Crippen LogP contribution in [0.5, 0.6) is 0 Å². The van der Waals surface area contributed by atoms with E-state index in [1.54, 1.807) is 0 Å². The molecular weight excluding hydrogens is 110 g/mol. The van der Waals surface area contributed by atoms with Crippen LogP contribution in [0.1, 0.15) is 0 Å². The standard InChI is InChI=1S/C2H7NO.C2H2O2/c2*3-1-2-4/h4H,1-3H2;1-2H. The van der Waals surface area contributed by atoms with Crippen LogP contribution in [-0.2, 0) is 9.59 Å². The predicted molar refractivity (Wildman–Crippen MR) is 28.3 cm³/mol. The van der Waals surface area contributed by atoms with Crippen LogP contribution < -0.4 is 5.73 Å². The molecule has 0 aliphatic carbocycles. The molecular formula is C4H9NO3. The van der Waals surface area contributed by atoms with Gasteiger partial charge in [-0.2, -0.15) is 0 Å². The molecule has 0 atom stereocenters. The normalized spacial score (nSPS) is 6.25. The third-order valence-corrected chi connectivity index (χ3v) is 0.185. The summed E-state index contributed by atoms with van der Waals surface area (Å²) in [5.74, 6) is 0. The molecule has 0 aromatic rings. The van der Waals surface area contributed by atoms with Gasteiger partial charge in [-0.3, -0.25) is 9.59 Å². The summed E-state index contributed by atoms with van der Waals surface area (Å²) in [5, 5.41) is 7.75. The minimum Gasteiger partial charge on any atom is -0.395 e. The van der Waals surface area contributed by atoms with E-state index in [9.17, 15) is 0 Å². The van der Waals surface area contributed by atoms with Gasteiger partial charge in [-0.25, -0.2) is 0 Å². The maximum absolute atomic E-state index is 8.81. The first-order valence-electron chi connectivity index (χ1n) is 2.03. The summed E-state index contributed by atoms with van der Waals surface area (Å²) in [7, 11) is 0. The minimum atomic E-state index is 0.0972. The molecule has 0 rings (SSSR count). The van der Waals surface area contributed by atoms with Crippen molar-refractivity contribution in [1.29, 1.82) is 0 Å². The second-order valence-corrected chi connectivity index (χ2v) is 0.784. The second kappa shape index (κ2) is 16.3. The minimum absolute atomic E-state index is 0.0972. The SMILES string of the molecule is NCCO.O=CC=O. The second-order valence-electron chi connectivity index (χ2n) is 0.784. The number of aldehydes is 2. The first-order chi connectivity index (χ1) is 3.83. The fourth-order valence-electron chi connectivity index (χ4n) is 0. The molecule has 0 aliphatic rings. The number of nitrogens with two attached hydrogens (primary N) is 1. The van der Waals surface area contributed by atoms with Crippen molar-refractivity contribution in [1.82, 2.24) is 0 Å². The van der Waals surface area contributed by atoms with Gasteiger partial charge < -0.3 is 10.8 Å². The summed E-state index contributed by atoms with van der Waals surface area (Å²) in [6.07, 6.45) is 0.389. The first kappa shape index (κ1) is 10.3. The van der Waals surface area contributed by atoms with Crippen molar-refractivity contribution in [3.05, 3.63) is 0 Å². The molecule has 0 amide bonds. The monoisotopic (exact) mass is 119 g/mol. The molecule has 4 nitrogen and oxygen atoms in total. The van der Waals surface area contributed by atoms with Crippen molar-refractivity contribution in [2.75, 3.05) is 13.2 Å². The molecule has 48 valence electrons. The number of carbonyl (C=O) groups excluding carboxylic acids is 2. The maximum Gasteiger partial charge on any atom is 0.182 e. The van der Waals surface area contributed by atoms with Crippen LogP contribution >= 0.6 is 0 Å². The summed E-state index contributed by atoms with van der Waals surface area (Å²) in [6.45, 7) is 0.472. The van der Waals surface area contributed by atoms with E-state index >= 15 is 0 Å². The van der Waals surface area contributed by atoms with Gasteiger partial charge in [0.25, 0.3) is 0 Å². The van der Waals surface area contributed by atoms with Gasteiger partial charge in [0.05, 0.1) is 6.61 Å². The van der Waals surface area contributed by atoms with Crippen LogP contribution in [0.15, 0.2) is 0 Å². The summed E-state index contributed by atoms with van der Waals surface area (Å²) >= 11 is 0. The van der Waals surface area contributed by atoms with Gasteiger partial charge in [-0.05, 0) is 0 Å². The molecule has 3 N–H and O–H groups in total. The number of hydrogen-bond acceptors (Lipinski definition) is 4. The zero-order chi connectivity index (χ0) is 6.83. The van der Waals surface area contributed by atoms with Gasteiger partial charge in [0, 0.05) is 6.54 Å². The number of aliphatic hydroxyl groups excluding tert-OH is 1. The number of carbonyl (C=O) groups is 2. The van der Waals surface area contributed by atoms with Crippen molar-refractivity contribution in [3.8, 4) is 0 Å². The molecule has 0 radical (unpaired) electrons. The number of aliphatic hydroxyl groups is 1. The Balaban J connectivity index is 0. The van der Waals surface area contributed by atoms with E-state index in [1.807, 2.05) is 0 Å². The Hall–Kier alpha value is -0.740. The molecule has 4 heteroatoms. The molecule has 0 fully saturated rings. The highest BCUT2D eigenvalue weighted by Crippen LogP contribution is 1.33. The Morgan fingerprint density at radius 2 is 1.62 bits per heavy atom. The maximum atomic E-state index is 8.81. The summed E-state index contributed by atoms with van der Waals surface area (Å²) in [4.78, 5) is 17.6. The largest absolute Gasteiger partial charge is 0.395 e. The molecule has 0 heterocycles. The topological polar surface area (TPSA) is 80.4 Å². The summed E-state index contributed by atoms with van der Waals surface area (Å²) < 4.78 is 0. The van der Waals surface area contributed by atoms with Crippen LogP contribution in [-0.4, -0.2) is 30.8 Å². The van der Waals surface area contributed by atoms with Gasteiger partial charge in [-0.1, -0.05) is 0 Å². The zero-order valence-corrected chi connectivity index (χ0v) is 4.41. The molecule has 0 aliphatic heterocycles. The Morgan fingerprint density at radius 3 is 1.62 bits per heavy atom. The van der Waals surface area contributed by atoms with Crippen LogP contribution in [0.2, 0.25) is 0 Å². The lowest BCUT2D eigenvalue weighted by molar-refractivity contribution is -0.122.